The summed E-state index contributed by atoms with van der Waals surface area (Å²) in [5.41, 5.74) is -0.444. The van der Waals surface area contributed by atoms with Gasteiger partial charge >= 0.3 is 5.97 Å². The smallest absolute Gasteiger partial charge is 0.306 e. The van der Waals surface area contributed by atoms with Gasteiger partial charge in [-0.15, -0.1) is 11.8 Å². The third-order valence-corrected chi connectivity index (χ3v) is 4.37. The number of hydrogen-bond donors (Lipinski definition) is 3. The molecule has 0 aliphatic carbocycles. The summed E-state index contributed by atoms with van der Waals surface area (Å²) >= 11 is 1.63. The molecule has 0 aromatic heterocycles. The normalized spacial score (nSPS) is 20.0. The second-order valence-electron chi connectivity index (χ2n) is 5.19. The number of carbonyl (C=O) groups is 2. The number of benzene rings is 1. The second-order valence-corrected chi connectivity index (χ2v) is 6.25. The van der Waals surface area contributed by atoms with E-state index >= 15 is 0 Å². The maximum absolute atomic E-state index is 12.2. The van der Waals surface area contributed by atoms with E-state index < -0.39 is 18.0 Å². The van der Waals surface area contributed by atoms with Gasteiger partial charge in [-0.3, -0.25) is 9.59 Å². The lowest BCUT2D eigenvalue weighted by Gasteiger charge is -2.22. The van der Waals surface area contributed by atoms with Gasteiger partial charge in [-0.2, -0.15) is 0 Å². The molecule has 2 atom stereocenters. The van der Waals surface area contributed by atoms with Crippen LogP contribution in [0.2, 0.25) is 0 Å². The molecule has 6 heteroatoms. The Kier molecular flexibility index (Phi) is 4.35. The van der Waals surface area contributed by atoms with Crippen molar-refractivity contribution in [2.45, 2.75) is 29.8 Å². The number of carboxylic acid groups (broad SMARTS) is 1. The van der Waals surface area contributed by atoms with Crippen LogP contribution < -0.4 is 5.32 Å². The molecule has 5 nitrogen and oxygen atoms in total. The summed E-state index contributed by atoms with van der Waals surface area (Å²) in [5, 5.41) is 21.2. The zero-order valence-electron chi connectivity index (χ0n) is 11.1. The number of aliphatic carboxylic acids is 1. The van der Waals surface area contributed by atoms with Gasteiger partial charge in [0.2, 0.25) is 5.91 Å². The minimum atomic E-state index is -1.44. The van der Waals surface area contributed by atoms with E-state index in [9.17, 15) is 14.7 Å². The molecule has 1 aliphatic heterocycles. The first kappa shape index (κ1) is 14.9. The monoisotopic (exact) mass is 295 g/mol. The first-order valence-corrected chi connectivity index (χ1v) is 7.31. The fourth-order valence-corrected chi connectivity index (χ4v) is 3.40. The van der Waals surface area contributed by atoms with Crippen molar-refractivity contribution in [1.82, 2.24) is 5.32 Å². The first-order chi connectivity index (χ1) is 9.39. The molecule has 108 valence electrons. The molecule has 0 saturated heterocycles. The predicted octanol–water partition coefficient (Wildman–Crippen LogP) is 1.22. The minimum absolute atomic E-state index is 0.0680. The van der Waals surface area contributed by atoms with Crippen LogP contribution in [0, 0.1) is 0 Å². The summed E-state index contributed by atoms with van der Waals surface area (Å²) in [5.74, 6) is -0.831. The third-order valence-electron chi connectivity index (χ3n) is 3.19. The highest BCUT2D eigenvalue weighted by Crippen LogP contribution is 2.39. The van der Waals surface area contributed by atoms with Crippen LogP contribution in [0.3, 0.4) is 0 Å². The standard InChI is InChI=1S/C14H17NO4S/c1-14(19,6-12(16)17)8-15-13(18)10-7-20-11-5-3-2-4-9(10)11/h2-5,10,19H,6-8H2,1H3,(H,15,18)(H,16,17). The maximum Gasteiger partial charge on any atom is 0.306 e. The molecule has 0 spiro atoms. The lowest BCUT2D eigenvalue weighted by Crippen LogP contribution is -2.43. The van der Waals surface area contributed by atoms with Gasteiger partial charge in [0.1, 0.15) is 0 Å². The van der Waals surface area contributed by atoms with Crippen molar-refractivity contribution in [2.24, 2.45) is 0 Å². The van der Waals surface area contributed by atoms with Crippen molar-refractivity contribution >= 4 is 23.6 Å². The summed E-state index contributed by atoms with van der Waals surface area (Å²) in [6, 6.07) is 7.73. The summed E-state index contributed by atoms with van der Waals surface area (Å²) in [6.07, 6.45) is -0.400. The van der Waals surface area contributed by atoms with Crippen molar-refractivity contribution < 1.29 is 19.8 Å². The highest BCUT2D eigenvalue weighted by atomic mass is 32.2. The number of carboxylic acids is 1. The van der Waals surface area contributed by atoms with Crippen LogP contribution in [0.1, 0.15) is 24.8 Å². The molecule has 1 amide bonds. The zero-order chi connectivity index (χ0) is 14.8. The molecular weight excluding hydrogens is 278 g/mol. The van der Waals surface area contributed by atoms with Crippen molar-refractivity contribution in [3.63, 3.8) is 0 Å². The van der Waals surface area contributed by atoms with Crippen LogP contribution in [0.15, 0.2) is 29.2 Å². The fraction of sp³-hybridized carbons (Fsp3) is 0.429. The van der Waals surface area contributed by atoms with Crippen molar-refractivity contribution in [1.29, 1.82) is 0 Å². The van der Waals surface area contributed by atoms with Crippen molar-refractivity contribution in [3.05, 3.63) is 29.8 Å². The van der Waals surface area contributed by atoms with Crippen LogP contribution >= 0.6 is 11.8 Å². The summed E-state index contributed by atoms with van der Waals surface area (Å²) in [7, 11) is 0. The highest BCUT2D eigenvalue weighted by molar-refractivity contribution is 7.99. The molecule has 2 unspecified atom stereocenters. The Morgan fingerprint density at radius 3 is 2.85 bits per heavy atom. The first-order valence-electron chi connectivity index (χ1n) is 6.33. The lowest BCUT2D eigenvalue weighted by molar-refractivity contribution is -0.142. The van der Waals surface area contributed by atoms with E-state index in [0.717, 1.165) is 10.5 Å². The highest BCUT2D eigenvalue weighted by Gasteiger charge is 2.31. The number of carbonyl (C=O) groups excluding carboxylic acids is 1. The van der Waals surface area contributed by atoms with Gasteiger partial charge in [0.15, 0.2) is 0 Å². The Morgan fingerprint density at radius 2 is 2.15 bits per heavy atom. The molecular formula is C14H17NO4S. The van der Waals surface area contributed by atoms with Gasteiger partial charge in [0.05, 0.1) is 17.9 Å². The van der Waals surface area contributed by atoms with Gasteiger partial charge in [0.25, 0.3) is 0 Å². The SMILES string of the molecule is CC(O)(CNC(=O)C1CSc2ccccc21)CC(=O)O. The summed E-state index contributed by atoms with van der Waals surface area (Å²) < 4.78 is 0. The number of nitrogens with one attached hydrogen (secondary N) is 1. The Bertz CT molecular complexity index is 530. The van der Waals surface area contributed by atoms with Crippen LogP contribution in [0.25, 0.3) is 0 Å². The van der Waals surface area contributed by atoms with E-state index in [0.29, 0.717) is 5.75 Å². The van der Waals surface area contributed by atoms with E-state index in [2.05, 4.69) is 5.32 Å². The summed E-state index contributed by atoms with van der Waals surface area (Å²) in [4.78, 5) is 23.9. The van der Waals surface area contributed by atoms with E-state index in [-0.39, 0.29) is 18.4 Å². The molecule has 0 radical (unpaired) electrons. The molecule has 1 aliphatic rings. The van der Waals surface area contributed by atoms with Crippen molar-refractivity contribution in [3.8, 4) is 0 Å². The second kappa shape index (κ2) is 5.85. The number of hydrogen-bond acceptors (Lipinski definition) is 4. The van der Waals surface area contributed by atoms with Gasteiger partial charge in [-0.1, -0.05) is 18.2 Å². The van der Waals surface area contributed by atoms with Gasteiger partial charge in [-0.25, -0.2) is 0 Å². The molecule has 1 aromatic rings. The van der Waals surface area contributed by atoms with Gasteiger partial charge < -0.3 is 15.5 Å². The Balaban J connectivity index is 1.95. The number of aliphatic hydroxyl groups is 1. The number of amides is 1. The number of rotatable bonds is 5. The molecule has 0 saturated carbocycles. The lowest BCUT2D eigenvalue weighted by atomic mass is 9.99. The molecule has 3 N–H and O–H groups in total. The zero-order valence-corrected chi connectivity index (χ0v) is 11.9. The minimum Gasteiger partial charge on any atom is -0.481 e. The Hall–Kier alpha value is -1.53. The van der Waals surface area contributed by atoms with Crippen LogP contribution in [0.5, 0.6) is 0 Å². The van der Waals surface area contributed by atoms with E-state index in [1.807, 2.05) is 24.3 Å². The van der Waals surface area contributed by atoms with E-state index in [1.54, 1.807) is 11.8 Å². The summed E-state index contributed by atoms with van der Waals surface area (Å²) in [6.45, 7) is 1.33. The molecule has 1 aromatic carbocycles. The molecule has 2 rings (SSSR count). The van der Waals surface area contributed by atoms with Crippen molar-refractivity contribution in [2.75, 3.05) is 12.3 Å². The largest absolute Gasteiger partial charge is 0.481 e. The van der Waals surface area contributed by atoms with Crippen LogP contribution in [-0.2, 0) is 9.59 Å². The predicted molar refractivity (Wildman–Crippen MR) is 75.8 cm³/mol. The average molecular weight is 295 g/mol. The van der Waals surface area contributed by atoms with Gasteiger partial charge in [0, 0.05) is 17.2 Å². The topological polar surface area (TPSA) is 86.6 Å². The van der Waals surface area contributed by atoms with Crippen LogP contribution in [0.4, 0.5) is 0 Å². The molecule has 0 bridgehead atoms. The third kappa shape index (κ3) is 3.52. The Morgan fingerprint density at radius 1 is 1.45 bits per heavy atom. The van der Waals surface area contributed by atoms with E-state index in [4.69, 9.17) is 5.11 Å². The number of fused-ring (bicyclic) bond motifs is 1. The average Bonchev–Trinajstić information content (AvgIpc) is 2.78. The van der Waals surface area contributed by atoms with Gasteiger partial charge in [-0.05, 0) is 18.6 Å². The van der Waals surface area contributed by atoms with Crippen LogP contribution in [-0.4, -0.2) is 40.0 Å². The number of thioether (sulfide) groups is 1. The molecule has 1 heterocycles. The Labute approximate surface area is 121 Å². The molecule has 0 fully saturated rings. The molecule has 20 heavy (non-hydrogen) atoms. The fourth-order valence-electron chi connectivity index (χ4n) is 2.17. The van der Waals surface area contributed by atoms with E-state index in [1.165, 1.54) is 6.92 Å². The maximum atomic E-state index is 12.2. The quantitative estimate of drug-likeness (QED) is 0.760.